The van der Waals surface area contributed by atoms with E-state index in [-0.39, 0.29) is 17.3 Å². The maximum absolute atomic E-state index is 12.6. The van der Waals surface area contributed by atoms with Gasteiger partial charge in [0.25, 0.3) is 6.43 Å². The lowest BCUT2D eigenvalue weighted by molar-refractivity contribution is 0.0601. The molecule has 5 nitrogen and oxygen atoms in total. The molecule has 0 spiro atoms. The molecule has 1 aromatic heterocycles. The lowest BCUT2D eigenvalue weighted by Gasteiger charge is -2.10. The Kier molecular flexibility index (Phi) is 3.60. The highest BCUT2D eigenvalue weighted by molar-refractivity contribution is 5.94. The smallest absolute Gasteiger partial charge is 0.341 e. The second-order valence-electron chi connectivity index (χ2n) is 2.81. The number of carbonyl (C=O) groups is 1. The van der Waals surface area contributed by atoms with Gasteiger partial charge in [-0.25, -0.2) is 13.6 Å². The average molecular weight is 232 g/mol. The van der Waals surface area contributed by atoms with E-state index in [0.29, 0.717) is 0 Å². The van der Waals surface area contributed by atoms with Crippen molar-refractivity contribution in [2.45, 2.75) is 6.43 Å². The van der Waals surface area contributed by atoms with Gasteiger partial charge in [-0.1, -0.05) is 0 Å². The van der Waals surface area contributed by atoms with E-state index in [1.165, 1.54) is 7.11 Å². The van der Waals surface area contributed by atoms with Crippen LogP contribution in [0.2, 0.25) is 0 Å². The van der Waals surface area contributed by atoms with Gasteiger partial charge in [-0.3, -0.25) is 0 Å². The van der Waals surface area contributed by atoms with Crippen LogP contribution in [0.3, 0.4) is 0 Å². The fourth-order valence-electron chi connectivity index (χ4n) is 1.12. The molecule has 0 unspecified atom stereocenters. The Bertz CT molecular complexity index is 410. The van der Waals surface area contributed by atoms with Crippen molar-refractivity contribution in [3.8, 4) is 5.88 Å². The molecule has 0 bridgehead atoms. The highest BCUT2D eigenvalue weighted by atomic mass is 19.3. The third-order valence-electron chi connectivity index (χ3n) is 1.88. The molecule has 1 heterocycles. The molecule has 0 fully saturated rings. The molecule has 2 N–H and O–H groups in total. The third kappa shape index (κ3) is 2.18. The van der Waals surface area contributed by atoms with Crippen molar-refractivity contribution in [2.24, 2.45) is 0 Å². The van der Waals surface area contributed by atoms with E-state index in [0.717, 1.165) is 13.2 Å². The quantitative estimate of drug-likeness (QED) is 0.797. The molecule has 0 atom stereocenters. The van der Waals surface area contributed by atoms with Crippen molar-refractivity contribution in [3.05, 3.63) is 17.2 Å². The number of methoxy groups -OCH3 is 2. The second kappa shape index (κ2) is 4.73. The highest BCUT2D eigenvalue weighted by Gasteiger charge is 2.21. The number of carbonyl (C=O) groups excluding carboxylic acids is 1. The minimum absolute atomic E-state index is 0.210. The number of nitrogens with two attached hydrogens (primary N) is 1. The summed E-state index contributed by atoms with van der Waals surface area (Å²) in [5, 5.41) is 0. The first-order valence-electron chi connectivity index (χ1n) is 4.22. The summed E-state index contributed by atoms with van der Waals surface area (Å²) in [6.07, 6.45) is -2.81. The summed E-state index contributed by atoms with van der Waals surface area (Å²) in [5.41, 5.74) is 4.69. The number of nitrogens with zero attached hydrogens (tertiary/aromatic N) is 1. The summed E-state index contributed by atoms with van der Waals surface area (Å²) >= 11 is 0. The first-order valence-corrected chi connectivity index (χ1v) is 4.22. The average Bonchev–Trinajstić information content (AvgIpc) is 2.27. The standard InChI is InChI=1S/C9H10F2N2O3/c1-15-8-4(6(10)11)3-5(7(12)13-8)9(14)16-2/h3,6H,1-2H3,(H2,12,13). The van der Waals surface area contributed by atoms with Gasteiger partial charge >= 0.3 is 5.97 Å². The first kappa shape index (κ1) is 12.2. The van der Waals surface area contributed by atoms with Crippen molar-refractivity contribution < 1.29 is 23.0 Å². The Morgan fingerprint density at radius 2 is 2.12 bits per heavy atom. The Balaban J connectivity index is 3.33. The first-order chi connectivity index (χ1) is 7.51. The van der Waals surface area contributed by atoms with Crippen molar-refractivity contribution >= 4 is 11.8 Å². The van der Waals surface area contributed by atoms with Gasteiger partial charge in [-0.2, -0.15) is 4.98 Å². The van der Waals surface area contributed by atoms with Gasteiger partial charge in [0.05, 0.1) is 19.8 Å². The largest absolute Gasteiger partial charge is 0.481 e. The van der Waals surface area contributed by atoms with Gasteiger partial charge in [0.15, 0.2) is 0 Å². The Morgan fingerprint density at radius 1 is 1.50 bits per heavy atom. The molecule has 7 heteroatoms. The molecule has 88 valence electrons. The molecule has 16 heavy (non-hydrogen) atoms. The molecule has 0 radical (unpaired) electrons. The van der Waals surface area contributed by atoms with E-state index in [1.54, 1.807) is 0 Å². The van der Waals surface area contributed by atoms with Crippen LogP contribution in [0, 0.1) is 0 Å². The summed E-state index contributed by atoms with van der Waals surface area (Å²) in [6, 6.07) is 0.914. The van der Waals surface area contributed by atoms with E-state index in [9.17, 15) is 13.6 Å². The topological polar surface area (TPSA) is 74.4 Å². The van der Waals surface area contributed by atoms with Gasteiger partial charge < -0.3 is 15.2 Å². The monoisotopic (exact) mass is 232 g/mol. The fraction of sp³-hybridized carbons (Fsp3) is 0.333. The highest BCUT2D eigenvalue weighted by Crippen LogP contribution is 2.30. The number of ether oxygens (including phenoxy) is 2. The predicted molar refractivity (Wildman–Crippen MR) is 51.5 cm³/mol. The molecule has 0 amide bonds. The number of pyridine rings is 1. The molecule has 0 saturated carbocycles. The van der Waals surface area contributed by atoms with Gasteiger partial charge in [0.1, 0.15) is 11.4 Å². The van der Waals surface area contributed by atoms with Crippen molar-refractivity contribution in [2.75, 3.05) is 20.0 Å². The lowest BCUT2D eigenvalue weighted by Crippen LogP contribution is -2.10. The molecule has 0 aliphatic rings. The van der Waals surface area contributed by atoms with E-state index in [4.69, 9.17) is 5.73 Å². The van der Waals surface area contributed by atoms with E-state index >= 15 is 0 Å². The molecule has 1 rings (SSSR count). The number of rotatable bonds is 3. The van der Waals surface area contributed by atoms with E-state index < -0.39 is 18.0 Å². The van der Waals surface area contributed by atoms with Crippen LogP contribution in [-0.2, 0) is 4.74 Å². The number of esters is 1. The molecule has 0 aromatic carbocycles. The second-order valence-corrected chi connectivity index (χ2v) is 2.81. The maximum Gasteiger partial charge on any atom is 0.341 e. The van der Waals surface area contributed by atoms with Crippen LogP contribution in [0.25, 0.3) is 0 Å². The minimum atomic E-state index is -2.81. The Morgan fingerprint density at radius 3 is 2.56 bits per heavy atom. The zero-order valence-corrected chi connectivity index (χ0v) is 8.66. The number of hydrogen-bond acceptors (Lipinski definition) is 5. The van der Waals surface area contributed by atoms with Gasteiger partial charge in [0, 0.05) is 0 Å². The summed E-state index contributed by atoms with van der Waals surface area (Å²) in [7, 11) is 2.31. The van der Waals surface area contributed by atoms with Gasteiger partial charge in [0.2, 0.25) is 5.88 Å². The predicted octanol–water partition coefficient (Wildman–Crippen LogP) is 1.40. The zero-order chi connectivity index (χ0) is 12.3. The van der Waals surface area contributed by atoms with Crippen molar-refractivity contribution in [3.63, 3.8) is 0 Å². The van der Waals surface area contributed by atoms with Gasteiger partial charge in [-0.15, -0.1) is 0 Å². The van der Waals surface area contributed by atoms with Crippen LogP contribution in [0.5, 0.6) is 5.88 Å². The summed E-state index contributed by atoms with van der Waals surface area (Å²) in [6.45, 7) is 0. The number of halogens is 2. The summed E-state index contributed by atoms with van der Waals surface area (Å²) in [5.74, 6) is -1.34. The lowest BCUT2D eigenvalue weighted by atomic mass is 10.2. The molecule has 0 aliphatic heterocycles. The van der Waals surface area contributed by atoms with E-state index in [2.05, 4.69) is 14.5 Å². The van der Waals surface area contributed by atoms with Crippen molar-refractivity contribution in [1.82, 2.24) is 4.98 Å². The van der Waals surface area contributed by atoms with Crippen LogP contribution in [0.15, 0.2) is 6.07 Å². The molecule has 0 saturated heterocycles. The van der Waals surface area contributed by atoms with Crippen LogP contribution >= 0.6 is 0 Å². The normalized spacial score (nSPS) is 10.3. The molecule has 1 aromatic rings. The molecular weight excluding hydrogens is 222 g/mol. The van der Waals surface area contributed by atoms with Crippen molar-refractivity contribution in [1.29, 1.82) is 0 Å². The fourth-order valence-corrected chi connectivity index (χ4v) is 1.12. The van der Waals surface area contributed by atoms with Crippen LogP contribution in [0.1, 0.15) is 22.3 Å². The third-order valence-corrected chi connectivity index (χ3v) is 1.88. The van der Waals surface area contributed by atoms with Gasteiger partial charge in [-0.05, 0) is 6.07 Å². The number of alkyl halides is 2. The van der Waals surface area contributed by atoms with Crippen LogP contribution in [-0.4, -0.2) is 25.2 Å². The number of anilines is 1. The van der Waals surface area contributed by atoms with E-state index in [1.807, 2.05) is 0 Å². The SMILES string of the molecule is COC(=O)c1cc(C(F)F)c(OC)nc1N. The maximum atomic E-state index is 12.6. The Hall–Kier alpha value is -1.92. The Labute approximate surface area is 90.2 Å². The summed E-state index contributed by atoms with van der Waals surface area (Å²) in [4.78, 5) is 14.7. The summed E-state index contributed by atoms with van der Waals surface area (Å²) < 4.78 is 34.2. The molecular formula is C9H10F2N2O3. The number of nitrogen functional groups attached to an aromatic ring is 1. The van der Waals surface area contributed by atoms with Crippen LogP contribution < -0.4 is 10.5 Å². The zero-order valence-electron chi connectivity index (χ0n) is 8.66. The molecule has 0 aliphatic carbocycles. The van der Waals surface area contributed by atoms with Crippen LogP contribution in [0.4, 0.5) is 14.6 Å². The minimum Gasteiger partial charge on any atom is -0.481 e. The number of hydrogen-bond donors (Lipinski definition) is 1. The number of aromatic nitrogens is 1.